The van der Waals surface area contributed by atoms with E-state index in [2.05, 4.69) is 10.3 Å². The van der Waals surface area contributed by atoms with Gasteiger partial charge in [0.25, 0.3) is 5.91 Å². The lowest BCUT2D eigenvalue weighted by molar-refractivity contribution is 0.0693. The van der Waals surface area contributed by atoms with Crippen molar-refractivity contribution in [2.45, 2.75) is 6.92 Å². The zero-order chi connectivity index (χ0) is 15.6. The number of rotatable bonds is 3. The number of carboxylic acids is 1. The summed E-state index contributed by atoms with van der Waals surface area (Å²) in [7, 11) is 0. The van der Waals surface area contributed by atoms with Crippen molar-refractivity contribution in [3.05, 3.63) is 53.0 Å². The number of carbonyl (C=O) groups is 2. The number of aryl methyl sites for hydroxylation is 1. The molecule has 2 rings (SSSR count). The molecular formula is C14H11FN2O4. The number of phenols is 1. The van der Waals surface area contributed by atoms with Crippen LogP contribution in [0, 0.1) is 12.7 Å². The van der Waals surface area contributed by atoms with Gasteiger partial charge in [-0.25, -0.2) is 14.2 Å². The molecule has 7 heteroatoms. The van der Waals surface area contributed by atoms with Crippen LogP contribution < -0.4 is 5.32 Å². The number of pyridine rings is 1. The first kappa shape index (κ1) is 14.4. The zero-order valence-electron chi connectivity index (χ0n) is 10.9. The molecule has 1 amide bonds. The molecule has 0 aliphatic heterocycles. The van der Waals surface area contributed by atoms with Gasteiger partial charge < -0.3 is 15.5 Å². The van der Waals surface area contributed by atoms with Crippen molar-refractivity contribution >= 4 is 17.7 Å². The first-order chi connectivity index (χ1) is 9.90. The Morgan fingerprint density at radius 1 is 1.29 bits per heavy atom. The van der Waals surface area contributed by atoms with Crippen molar-refractivity contribution in [1.82, 2.24) is 4.98 Å². The molecular weight excluding hydrogens is 279 g/mol. The van der Waals surface area contributed by atoms with Crippen LogP contribution in [0.1, 0.15) is 26.3 Å². The lowest BCUT2D eigenvalue weighted by Gasteiger charge is -2.09. The molecule has 1 heterocycles. The molecule has 108 valence electrons. The topological polar surface area (TPSA) is 99.5 Å². The predicted molar refractivity (Wildman–Crippen MR) is 72.0 cm³/mol. The summed E-state index contributed by atoms with van der Waals surface area (Å²) in [6.07, 6.45) is 1.31. The van der Waals surface area contributed by atoms with Gasteiger partial charge in [-0.15, -0.1) is 0 Å². The van der Waals surface area contributed by atoms with Crippen molar-refractivity contribution < 1.29 is 24.2 Å². The van der Waals surface area contributed by atoms with E-state index in [-0.39, 0.29) is 11.4 Å². The number of hydrogen-bond acceptors (Lipinski definition) is 4. The third kappa shape index (κ3) is 2.97. The number of benzene rings is 1. The van der Waals surface area contributed by atoms with Crippen LogP contribution in [0.15, 0.2) is 30.5 Å². The second-order valence-electron chi connectivity index (χ2n) is 4.28. The molecule has 0 aliphatic carbocycles. The molecule has 2 aromatic rings. The maximum atomic E-state index is 13.4. The monoisotopic (exact) mass is 290 g/mol. The van der Waals surface area contributed by atoms with E-state index in [1.807, 2.05) is 0 Å². The lowest BCUT2D eigenvalue weighted by atomic mass is 10.0. The number of aromatic carboxylic acids is 1. The third-order valence-electron chi connectivity index (χ3n) is 2.81. The molecule has 0 bridgehead atoms. The summed E-state index contributed by atoms with van der Waals surface area (Å²) in [6, 6.07) is 4.70. The highest BCUT2D eigenvalue weighted by Crippen LogP contribution is 2.23. The highest BCUT2D eigenvalue weighted by molar-refractivity contribution is 6.06. The lowest BCUT2D eigenvalue weighted by Crippen LogP contribution is -2.16. The van der Waals surface area contributed by atoms with Gasteiger partial charge in [-0.1, -0.05) is 0 Å². The van der Waals surface area contributed by atoms with Crippen molar-refractivity contribution in [2.75, 3.05) is 5.32 Å². The Kier molecular flexibility index (Phi) is 3.84. The summed E-state index contributed by atoms with van der Waals surface area (Å²) in [5, 5.41) is 20.7. The van der Waals surface area contributed by atoms with Crippen molar-refractivity contribution in [1.29, 1.82) is 0 Å². The molecule has 0 unspecified atom stereocenters. The fraction of sp³-hybridized carbons (Fsp3) is 0.0714. The Morgan fingerprint density at radius 2 is 2.00 bits per heavy atom. The second kappa shape index (κ2) is 5.58. The third-order valence-corrected chi connectivity index (χ3v) is 2.81. The fourth-order valence-electron chi connectivity index (χ4n) is 1.76. The number of aromatic hydroxyl groups is 1. The van der Waals surface area contributed by atoms with Gasteiger partial charge in [-0.2, -0.15) is 0 Å². The van der Waals surface area contributed by atoms with Gasteiger partial charge in [0, 0.05) is 11.8 Å². The van der Waals surface area contributed by atoms with Crippen LogP contribution in [0.25, 0.3) is 0 Å². The van der Waals surface area contributed by atoms with Gasteiger partial charge in [-0.05, 0) is 36.8 Å². The van der Waals surface area contributed by atoms with E-state index in [0.717, 1.165) is 18.2 Å². The number of nitrogens with one attached hydrogen (secondary N) is 1. The molecule has 0 aliphatic rings. The van der Waals surface area contributed by atoms with Crippen LogP contribution in [-0.2, 0) is 0 Å². The molecule has 1 aromatic heterocycles. The first-order valence-corrected chi connectivity index (χ1v) is 5.89. The molecule has 21 heavy (non-hydrogen) atoms. The summed E-state index contributed by atoms with van der Waals surface area (Å²) in [5.74, 6) is -3.49. The summed E-state index contributed by atoms with van der Waals surface area (Å²) in [6.45, 7) is 1.52. The quantitative estimate of drug-likeness (QED) is 0.804. The number of amides is 1. The Balaban J connectivity index is 2.38. The van der Waals surface area contributed by atoms with Crippen molar-refractivity contribution in [3.8, 4) is 5.75 Å². The van der Waals surface area contributed by atoms with Gasteiger partial charge in [0.15, 0.2) is 11.6 Å². The number of hydrogen-bond donors (Lipinski definition) is 3. The number of carbonyl (C=O) groups excluding carboxylic acids is 1. The van der Waals surface area contributed by atoms with Gasteiger partial charge in [-0.3, -0.25) is 4.79 Å². The molecule has 0 atom stereocenters. The van der Waals surface area contributed by atoms with Gasteiger partial charge in [0.2, 0.25) is 0 Å². The first-order valence-electron chi connectivity index (χ1n) is 5.89. The van der Waals surface area contributed by atoms with Crippen molar-refractivity contribution in [3.63, 3.8) is 0 Å². The zero-order valence-corrected chi connectivity index (χ0v) is 10.9. The van der Waals surface area contributed by atoms with E-state index in [0.29, 0.717) is 5.56 Å². The second-order valence-corrected chi connectivity index (χ2v) is 4.28. The number of aromatic nitrogens is 1. The standard InChI is InChI=1S/C14H11FN2O4/c1-7-5-11(18)9(14(20)21)6-8(7)13(19)17-12-10(15)3-2-4-16-12/h2-6,18H,1H3,(H,20,21)(H,16,17,19). The van der Waals surface area contributed by atoms with E-state index in [1.165, 1.54) is 19.2 Å². The van der Waals surface area contributed by atoms with E-state index in [9.17, 15) is 19.1 Å². The molecule has 0 saturated heterocycles. The number of anilines is 1. The van der Waals surface area contributed by atoms with Crippen LogP contribution in [0.5, 0.6) is 5.75 Å². The predicted octanol–water partition coefficient (Wildman–Crippen LogP) is 2.19. The molecule has 6 nitrogen and oxygen atoms in total. The minimum absolute atomic E-state index is 0.00949. The van der Waals surface area contributed by atoms with E-state index in [1.54, 1.807) is 0 Å². The number of carboxylic acid groups (broad SMARTS) is 1. The average molecular weight is 290 g/mol. The van der Waals surface area contributed by atoms with E-state index >= 15 is 0 Å². The molecule has 1 aromatic carbocycles. The number of nitrogens with zero attached hydrogens (tertiary/aromatic N) is 1. The largest absolute Gasteiger partial charge is 0.507 e. The van der Waals surface area contributed by atoms with Crippen LogP contribution in [-0.4, -0.2) is 27.1 Å². The minimum atomic E-state index is -1.37. The van der Waals surface area contributed by atoms with Crippen LogP contribution in [0.4, 0.5) is 10.2 Å². The molecule has 3 N–H and O–H groups in total. The SMILES string of the molecule is Cc1cc(O)c(C(=O)O)cc1C(=O)Nc1ncccc1F. The smallest absolute Gasteiger partial charge is 0.339 e. The van der Waals surface area contributed by atoms with E-state index in [4.69, 9.17) is 5.11 Å². The van der Waals surface area contributed by atoms with Gasteiger partial charge in [0.1, 0.15) is 11.3 Å². The summed E-state index contributed by atoms with van der Waals surface area (Å²) >= 11 is 0. The average Bonchev–Trinajstić information content (AvgIpc) is 2.40. The van der Waals surface area contributed by atoms with Gasteiger partial charge >= 0.3 is 5.97 Å². The maximum absolute atomic E-state index is 13.4. The highest BCUT2D eigenvalue weighted by Gasteiger charge is 2.18. The normalized spacial score (nSPS) is 10.2. The van der Waals surface area contributed by atoms with E-state index < -0.39 is 29.0 Å². The maximum Gasteiger partial charge on any atom is 0.339 e. The van der Waals surface area contributed by atoms with Crippen molar-refractivity contribution in [2.24, 2.45) is 0 Å². The summed E-state index contributed by atoms with van der Waals surface area (Å²) in [5.41, 5.74) is -0.0474. The Morgan fingerprint density at radius 3 is 2.62 bits per heavy atom. The Bertz CT molecular complexity index is 731. The highest BCUT2D eigenvalue weighted by atomic mass is 19.1. The van der Waals surface area contributed by atoms with Crippen LogP contribution in [0.2, 0.25) is 0 Å². The molecule has 0 fully saturated rings. The molecule has 0 saturated carbocycles. The Hall–Kier alpha value is -2.96. The summed E-state index contributed by atoms with van der Waals surface area (Å²) in [4.78, 5) is 26.7. The van der Waals surface area contributed by atoms with Crippen LogP contribution >= 0.6 is 0 Å². The Labute approximate surface area is 118 Å². The molecule has 0 spiro atoms. The summed E-state index contributed by atoms with van der Waals surface area (Å²) < 4.78 is 13.4. The minimum Gasteiger partial charge on any atom is -0.507 e. The number of halogens is 1. The molecule has 0 radical (unpaired) electrons. The van der Waals surface area contributed by atoms with Gasteiger partial charge in [0.05, 0.1) is 0 Å². The fourth-order valence-corrected chi connectivity index (χ4v) is 1.76. The van der Waals surface area contributed by atoms with Crippen LogP contribution in [0.3, 0.4) is 0 Å².